The summed E-state index contributed by atoms with van der Waals surface area (Å²) in [6.07, 6.45) is 3.24. The van der Waals surface area contributed by atoms with E-state index in [0.29, 0.717) is 19.4 Å². The predicted octanol–water partition coefficient (Wildman–Crippen LogP) is 2.69. The van der Waals surface area contributed by atoms with Gasteiger partial charge >= 0.3 is 0 Å². The van der Waals surface area contributed by atoms with Gasteiger partial charge in [-0.1, -0.05) is 38.0 Å². The number of carbonyl (C=O) groups excluding carboxylic acids is 2. The van der Waals surface area contributed by atoms with Crippen molar-refractivity contribution in [2.24, 2.45) is 5.41 Å². The molecule has 0 aromatic carbocycles. The van der Waals surface area contributed by atoms with E-state index in [1.165, 1.54) is 13.2 Å². The summed E-state index contributed by atoms with van der Waals surface area (Å²) in [5, 5.41) is 4.97. The number of rotatable bonds is 7. The number of halogens is 2. The van der Waals surface area contributed by atoms with Crippen molar-refractivity contribution in [3.05, 3.63) is 24.8 Å². The molecule has 2 N–H and O–H groups in total. The van der Waals surface area contributed by atoms with Crippen molar-refractivity contribution in [3.63, 3.8) is 0 Å². The molecule has 148 valence electrons. The number of hydrogen-bond acceptors (Lipinski definition) is 3. The molecule has 1 aliphatic rings. The molecule has 0 aromatic heterocycles. The maximum absolute atomic E-state index is 12.3. The third-order valence-electron chi connectivity index (χ3n) is 3.10. The van der Waals surface area contributed by atoms with E-state index >= 15 is 0 Å². The molecule has 7 heteroatoms. The van der Waals surface area contributed by atoms with Crippen LogP contribution in [-0.2, 0) is 14.3 Å². The summed E-state index contributed by atoms with van der Waals surface area (Å²) in [4.78, 5) is 21.9. The number of ether oxygens (including phenoxy) is 1. The monoisotopic (exact) mass is 372 g/mol. The Hall–Kier alpha value is -2.20. The zero-order valence-corrected chi connectivity index (χ0v) is 16.0. The second-order valence-corrected chi connectivity index (χ2v) is 4.97. The first-order valence-corrected chi connectivity index (χ1v) is 8.48. The van der Waals surface area contributed by atoms with E-state index in [0.717, 1.165) is 0 Å². The van der Waals surface area contributed by atoms with Crippen LogP contribution >= 0.6 is 0 Å². The lowest BCUT2D eigenvalue weighted by atomic mass is 10.1. The van der Waals surface area contributed by atoms with Gasteiger partial charge < -0.3 is 15.4 Å². The maximum Gasteiger partial charge on any atom is 0.296 e. The average Bonchev–Trinajstić information content (AvgIpc) is 3.44. The molecular formula is C19H30F2N2O3. The lowest BCUT2D eigenvalue weighted by Crippen LogP contribution is -2.36. The van der Waals surface area contributed by atoms with Gasteiger partial charge in [0, 0.05) is 20.2 Å². The van der Waals surface area contributed by atoms with Crippen LogP contribution in [0.5, 0.6) is 0 Å². The van der Waals surface area contributed by atoms with Crippen LogP contribution in [0.15, 0.2) is 24.8 Å². The summed E-state index contributed by atoms with van der Waals surface area (Å²) < 4.78 is 29.2. The molecule has 0 aliphatic heterocycles. The highest BCUT2D eigenvalue weighted by Crippen LogP contribution is 2.50. The first-order chi connectivity index (χ1) is 12.4. The van der Waals surface area contributed by atoms with Crippen LogP contribution in [0.1, 0.15) is 33.6 Å². The second-order valence-electron chi connectivity index (χ2n) is 4.97. The van der Waals surface area contributed by atoms with Crippen molar-refractivity contribution in [1.29, 1.82) is 0 Å². The van der Waals surface area contributed by atoms with Gasteiger partial charge in [-0.2, -0.15) is 0 Å². The van der Waals surface area contributed by atoms with Crippen LogP contribution in [0.3, 0.4) is 0 Å². The molecule has 0 radical (unpaired) electrons. The molecule has 2 amide bonds. The van der Waals surface area contributed by atoms with E-state index in [9.17, 15) is 18.4 Å². The fourth-order valence-corrected chi connectivity index (χ4v) is 1.52. The van der Waals surface area contributed by atoms with Gasteiger partial charge in [0.2, 0.25) is 5.91 Å². The number of carbonyl (C=O) groups is 2. The standard InChI is InChI=1S/C9H13NO2.C8H11F2NO.C2H6/c1-3-4-7-10-9(11)6-5-8-12-2;1-2-5-11-7(12)8(3-4-8)6(9)10;1-2/h3-4H,7-8H2,1-2H3,(H,10,11);2,6H,1,3-5H2,(H,11,12);1-2H3/b4-3+;;. The Morgan fingerprint density at radius 1 is 1.27 bits per heavy atom. The number of amides is 2. The Morgan fingerprint density at radius 2 is 1.88 bits per heavy atom. The minimum Gasteiger partial charge on any atom is -0.372 e. The number of hydrogen-bond donors (Lipinski definition) is 2. The van der Waals surface area contributed by atoms with Crippen LogP contribution in [-0.4, -0.2) is 45.0 Å². The largest absolute Gasteiger partial charge is 0.372 e. The van der Waals surface area contributed by atoms with Gasteiger partial charge in [0.1, 0.15) is 12.0 Å². The van der Waals surface area contributed by atoms with Crippen LogP contribution in [0.4, 0.5) is 8.78 Å². The summed E-state index contributed by atoms with van der Waals surface area (Å²) in [5.74, 6) is 4.12. The molecule has 0 aromatic rings. The third-order valence-corrected chi connectivity index (χ3v) is 3.10. The van der Waals surface area contributed by atoms with Gasteiger partial charge in [-0.3, -0.25) is 9.59 Å². The molecule has 1 rings (SSSR count). The highest BCUT2D eigenvalue weighted by Gasteiger charge is 2.57. The zero-order chi connectivity index (χ0) is 20.4. The topological polar surface area (TPSA) is 67.4 Å². The molecular weight excluding hydrogens is 342 g/mol. The van der Waals surface area contributed by atoms with Crippen molar-refractivity contribution < 1.29 is 23.1 Å². The molecule has 0 atom stereocenters. The van der Waals surface area contributed by atoms with Crippen LogP contribution in [0.2, 0.25) is 0 Å². The number of alkyl halides is 2. The zero-order valence-electron chi connectivity index (χ0n) is 16.0. The lowest BCUT2D eigenvalue weighted by Gasteiger charge is -2.12. The average molecular weight is 372 g/mol. The van der Waals surface area contributed by atoms with Crippen molar-refractivity contribution in [2.45, 2.75) is 40.0 Å². The second kappa shape index (κ2) is 16.3. The van der Waals surface area contributed by atoms with Crippen molar-refractivity contribution in [1.82, 2.24) is 10.6 Å². The van der Waals surface area contributed by atoms with E-state index in [1.54, 1.807) is 0 Å². The maximum atomic E-state index is 12.3. The highest BCUT2D eigenvalue weighted by molar-refractivity contribution is 5.93. The molecule has 26 heavy (non-hydrogen) atoms. The first-order valence-electron chi connectivity index (χ1n) is 8.48. The van der Waals surface area contributed by atoms with Crippen molar-refractivity contribution in [3.8, 4) is 11.8 Å². The predicted molar refractivity (Wildman–Crippen MR) is 99.7 cm³/mol. The number of allylic oxidation sites excluding steroid dienone is 1. The molecule has 0 bridgehead atoms. The smallest absolute Gasteiger partial charge is 0.296 e. The van der Waals surface area contributed by atoms with Gasteiger partial charge in [0.15, 0.2) is 0 Å². The van der Waals surface area contributed by atoms with E-state index in [-0.39, 0.29) is 19.1 Å². The minimum atomic E-state index is -2.54. The van der Waals surface area contributed by atoms with Gasteiger partial charge in [0.05, 0.1) is 0 Å². The van der Waals surface area contributed by atoms with E-state index < -0.39 is 17.7 Å². The molecule has 1 aliphatic carbocycles. The van der Waals surface area contributed by atoms with E-state index in [4.69, 9.17) is 0 Å². The fourth-order valence-electron chi connectivity index (χ4n) is 1.52. The normalized spacial score (nSPS) is 13.2. The summed E-state index contributed by atoms with van der Waals surface area (Å²) in [6.45, 7) is 10.3. The molecule has 1 fully saturated rings. The number of methoxy groups -OCH3 is 1. The first kappa shape index (κ1) is 26.0. The molecule has 0 saturated heterocycles. The van der Waals surface area contributed by atoms with Crippen LogP contribution < -0.4 is 10.6 Å². The molecule has 0 heterocycles. The number of nitrogens with one attached hydrogen (secondary N) is 2. The quantitative estimate of drug-likeness (QED) is 0.533. The Kier molecular flexibility index (Phi) is 16.3. The lowest BCUT2D eigenvalue weighted by molar-refractivity contribution is -0.131. The molecule has 0 unspecified atom stereocenters. The SMILES string of the molecule is C/C=C/CNC(=O)C#CCOC.C=CCNC(=O)C1(C(F)F)CC1.CC. The summed E-state index contributed by atoms with van der Waals surface area (Å²) in [5.41, 5.74) is -1.37. The van der Waals surface area contributed by atoms with E-state index in [1.807, 2.05) is 32.9 Å². The third kappa shape index (κ3) is 11.4. The Morgan fingerprint density at radius 3 is 2.31 bits per heavy atom. The molecule has 5 nitrogen and oxygen atoms in total. The Balaban J connectivity index is 0. The summed E-state index contributed by atoms with van der Waals surface area (Å²) in [6, 6.07) is 0. The summed E-state index contributed by atoms with van der Waals surface area (Å²) >= 11 is 0. The minimum absolute atomic E-state index is 0.257. The van der Waals surface area contributed by atoms with Crippen LogP contribution in [0, 0.1) is 17.3 Å². The Bertz CT molecular complexity index is 505. The van der Waals surface area contributed by atoms with E-state index in [2.05, 4.69) is 33.8 Å². The molecule has 0 spiro atoms. The molecule has 1 saturated carbocycles. The summed E-state index contributed by atoms with van der Waals surface area (Å²) in [7, 11) is 1.53. The van der Waals surface area contributed by atoms with Gasteiger partial charge in [-0.15, -0.1) is 6.58 Å². The Labute approximate surface area is 155 Å². The van der Waals surface area contributed by atoms with Crippen molar-refractivity contribution >= 4 is 11.8 Å². The van der Waals surface area contributed by atoms with Gasteiger partial charge in [0.25, 0.3) is 12.3 Å². The fraction of sp³-hybridized carbons (Fsp3) is 0.579. The van der Waals surface area contributed by atoms with Crippen LogP contribution in [0.25, 0.3) is 0 Å². The van der Waals surface area contributed by atoms with Gasteiger partial charge in [-0.05, 0) is 25.7 Å². The van der Waals surface area contributed by atoms with Crippen molar-refractivity contribution in [2.75, 3.05) is 26.8 Å². The highest BCUT2D eigenvalue weighted by atomic mass is 19.3. The van der Waals surface area contributed by atoms with Gasteiger partial charge in [-0.25, -0.2) is 8.78 Å².